The van der Waals surface area contributed by atoms with Gasteiger partial charge in [-0.05, 0) is 42.2 Å². The second kappa shape index (κ2) is 13.2. The lowest BCUT2D eigenvalue weighted by molar-refractivity contribution is -0.112. The minimum atomic E-state index is -0.563. The number of carbonyl (C=O) groups excluding carboxylic acids is 1. The Kier molecular flexibility index (Phi) is 9.77. The van der Waals surface area contributed by atoms with Gasteiger partial charge >= 0.3 is 0 Å². The standard InChI is InChI=1S/C24H24N4O5S2/c1-30-18-6-4-7-19(14-18)32-10-5-11-33-20-9-8-16(13-21(20)31-2)12-17(15-25)22(29)26-23-27-24(34-3)28-35-23/h4,6-9,12-14H,5,10-11H2,1-3H3,(H,26,27,28,29)/b17-12-. The van der Waals surface area contributed by atoms with E-state index in [0.717, 1.165) is 23.0 Å². The number of methoxy groups -OCH3 is 2. The van der Waals surface area contributed by atoms with Gasteiger partial charge in [0.15, 0.2) is 11.5 Å². The molecule has 0 atom stereocenters. The predicted molar refractivity (Wildman–Crippen MR) is 136 cm³/mol. The first kappa shape index (κ1) is 25.9. The van der Waals surface area contributed by atoms with Crippen molar-refractivity contribution in [2.24, 2.45) is 0 Å². The molecule has 0 unspecified atom stereocenters. The van der Waals surface area contributed by atoms with E-state index >= 15 is 0 Å². The molecule has 182 valence electrons. The lowest BCUT2D eigenvalue weighted by Crippen LogP contribution is -2.13. The smallest absolute Gasteiger partial charge is 0.268 e. The molecule has 0 aliphatic heterocycles. The second-order valence-corrected chi connectivity index (χ2v) is 8.38. The Morgan fingerprint density at radius 2 is 1.91 bits per heavy atom. The number of hydrogen-bond acceptors (Lipinski definition) is 10. The van der Waals surface area contributed by atoms with Crippen molar-refractivity contribution < 1.29 is 23.7 Å². The second-order valence-electron chi connectivity index (χ2n) is 6.85. The van der Waals surface area contributed by atoms with Crippen molar-refractivity contribution in [1.82, 2.24) is 9.36 Å². The predicted octanol–water partition coefficient (Wildman–Crippen LogP) is 4.67. The third-order valence-electron chi connectivity index (χ3n) is 4.53. The highest BCUT2D eigenvalue weighted by molar-refractivity contribution is 7.98. The maximum Gasteiger partial charge on any atom is 0.268 e. The molecule has 0 radical (unpaired) electrons. The molecule has 1 N–H and O–H groups in total. The van der Waals surface area contributed by atoms with Crippen LogP contribution >= 0.6 is 23.3 Å². The number of ether oxygens (including phenoxy) is 4. The van der Waals surface area contributed by atoms with Gasteiger partial charge < -0.3 is 18.9 Å². The first-order valence-corrected chi connectivity index (χ1v) is 12.4. The molecule has 0 aliphatic rings. The summed E-state index contributed by atoms with van der Waals surface area (Å²) in [6.07, 6.45) is 3.97. The van der Waals surface area contributed by atoms with Gasteiger partial charge in [-0.25, -0.2) is 0 Å². The van der Waals surface area contributed by atoms with Crippen molar-refractivity contribution >= 4 is 40.4 Å². The molecule has 0 saturated heterocycles. The molecular formula is C24H24N4O5S2. The van der Waals surface area contributed by atoms with Crippen molar-refractivity contribution in [3.8, 4) is 29.1 Å². The summed E-state index contributed by atoms with van der Waals surface area (Å²) in [6, 6.07) is 14.5. The molecule has 3 aromatic rings. The van der Waals surface area contributed by atoms with E-state index in [-0.39, 0.29) is 5.57 Å². The maximum absolute atomic E-state index is 12.5. The Labute approximate surface area is 211 Å². The normalized spacial score (nSPS) is 10.9. The molecule has 0 fully saturated rings. The number of thioether (sulfide) groups is 1. The lowest BCUT2D eigenvalue weighted by atomic mass is 10.1. The van der Waals surface area contributed by atoms with Gasteiger partial charge in [0.1, 0.15) is 23.1 Å². The number of carbonyl (C=O) groups is 1. The summed E-state index contributed by atoms with van der Waals surface area (Å²) in [5, 5.41) is 12.9. The topological polar surface area (TPSA) is 116 Å². The Balaban J connectivity index is 1.56. The molecule has 0 bridgehead atoms. The highest BCUT2D eigenvalue weighted by Gasteiger charge is 2.13. The number of hydrogen-bond donors (Lipinski definition) is 1. The van der Waals surface area contributed by atoms with Crippen LogP contribution in [0.4, 0.5) is 5.13 Å². The van der Waals surface area contributed by atoms with Gasteiger partial charge in [0.2, 0.25) is 10.3 Å². The van der Waals surface area contributed by atoms with Crippen molar-refractivity contribution in [1.29, 1.82) is 5.26 Å². The van der Waals surface area contributed by atoms with Crippen LogP contribution in [-0.4, -0.2) is 49.0 Å². The SMILES string of the molecule is COc1cccc(OCCCOc2ccc(/C=C(/C#N)C(=O)Nc3nc(SC)ns3)cc2OC)c1. The zero-order valence-corrected chi connectivity index (χ0v) is 21.1. The monoisotopic (exact) mass is 512 g/mol. The third-order valence-corrected chi connectivity index (χ3v) is 5.82. The van der Waals surface area contributed by atoms with E-state index in [1.54, 1.807) is 25.3 Å². The fourth-order valence-corrected chi connectivity index (χ4v) is 3.96. The van der Waals surface area contributed by atoms with Crippen LogP contribution in [0.2, 0.25) is 0 Å². The number of aromatic nitrogens is 2. The van der Waals surface area contributed by atoms with Crippen LogP contribution in [0.1, 0.15) is 12.0 Å². The average Bonchev–Trinajstić information content (AvgIpc) is 3.35. The Morgan fingerprint density at radius 3 is 2.63 bits per heavy atom. The van der Waals surface area contributed by atoms with Gasteiger partial charge in [0.25, 0.3) is 5.91 Å². The van der Waals surface area contributed by atoms with Gasteiger partial charge in [0.05, 0.1) is 27.4 Å². The number of benzene rings is 2. The Hall–Kier alpha value is -3.75. The molecule has 3 rings (SSSR count). The third kappa shape index (κ3) is 7.63. The lowest BCUT2D eigenvalue weighted by Gasteiger charge is -2.12. The molecule has 1 amide bonds. The number of rotatable bonds is 12. The quantitative estimate of drug-likeness (QED) is 0.160. The van der Waals surface area contributed by atoms with Crippen LogP contribution in [0, 0.1) is 11.3 Å². The molecule has 2 aromatic carbocycles. The maximum atomic E-state index is 12.5. The van der Waals surface area contributed by atoms with Crippen molar-refractivity contribution in [2.75, 3.05) is 39.0 Å². The fourth-order valence-electron chi connectivity index (χ4n) is 2.84. The number of amides is 1. The average molecular weight is 513 g/mol. The van der Waals surface area contributed by atoms with Crippen LogP contribution in [-0.2, 0) is 4.79 Å². The molecular weight excluding hydrogens is 488 g/mol. The molecule has 1 aromatic heterocycles. The number of nitriles is 1. The van der Waals surface area contributed by atoms with Crippen molar-refractivity contribution in [3.63, 3.8) is 0 Å². The Morgan fingerprint density at radius 1 is 1.11 bits per heavy atom. The van der Waals surface area contributed by atoms with E-state index in [1.807, 2.05) is 36.6 Å². The van der Waals surface area contributed by atoms with Gasteiger partial charge in [-0.1, -0.05) is 23.9 Å². The minimum Gasteiger partial charge on any atom is -0.497 e. The Bertz CT molecular complexity index is 1220. The number of nitrogens with zero attached hydrogens (tertiary/aromatic N) is 3. The summed E-state index contributed by atoms with van der Waals surface area (Å²) in [5.74, 6) is 1.93. The highest BCUT2D eigenvalue weighted by Crippen LogP contribution is 2.29. The summed E-state index contributed by atoms with van der Waals surface area (Å²) in [5.41, 5.74) is 0.542. The van der Waals surface area contributed by atoms with E-state index in [2.05, 4.69) is 14.7 Å². The molecule has 11 heteroatoms. The van der Waals surface area contributed by atoms with Gasteiger partial charge in [-0.15, -0.1) is 0 Å². The van der Waals surface area contributed by atoms with Gasteiger partial charge in [-0.3, -0.25) is 10.1 Å². The largest absolute Gasteiger partial charge is 0.497 e. The first-order chi connectivity index (χ1) is 17.1. The van der Waals surface area contributed by atoms with Crippen LogP contribution < -0.4 is 24.3 Å². The van der Waals surface area contributed by atoms with E-state index < -0.39 is 5.91 Å². The first-order valence-electron chi connectivity index (χ1n) is 10.4. The summed E-state index contributed by atoms with van der Waals surface area (Å²) < 4.78 is 26.2. The van der Waals surface area contributed by atoms with E-state index in [4.69, 9.17) is 18.9 Å². The molecule has 35 heavy (non-hydrogen) atoms. The number of nitrogens with one attached hydrogen (secondary N) is 1. The van der Waals surface area contributed by atoms with Gasteiger partial charge in [0, 0.05) is 24.0 Å². The van der Waals surface area contributed by atoms with Crippen LogP contribution in [0.25, 0.3) is 6.08 Å². The van der Waals surface area contributed by atoms with Crippen LogP contribution in [0.15, 0.2) is 53.2 Å². The molecule has 9 nitrogen and oxygen atoms in total. The summed E-state index contributed by atoms with van der Waals surface area (Å²) in [6.45, 7) is 0.894. The number of anilines is 1. The summed E-state index contributed by atoms with van der Waals surface area (Å²) >= 11 is 2.42. The van der Waals surface area contributed by atoms with Crippen LogP contribution in [0.5, 0.6) is 23.0 Å². The molecule has 0 spiro atoms. The highest BCUT2D eigenvalue weighted by atomic mass is 32.2. The summed E-state index contributed by atoms with van der Waals surface area (Å²) in [4.78, 5) is 16.6. The minimum absolute atomic E-state index is 0.0729. The van der Waals surface area contributed by atoms with E-state index in [9.17, 15) is 10.1 Å². The van der Waals surface area contributed by atoms with Crippen molar-refractivity contribution in [2.45, 2.75) is 11.6 Å². The molecule has 0 saturated carbocycles. The van der Waals surface area contributed by atoms with E-state index in [1.165, 1.54) is 24.9 Å². The molecule has 1 heterocycles. The van der Waals surface area contributed by atoms with Crippen LogP contribution in [0.3, 0.4) is 0 Å². The fraction of sp³-hybridized carbons (Fsp3) is 0.250. The van der Waals surface area contributed by atoms with Crippen molar-refractivity contribution in [3.05, 3.63) is 53.6 Å². The van der Waals surface area contributed by atoms with E-state index in [0.29, 0.717) is 47.0 Å². The summed E-state index contributed by atoms with van der Waals surface area (Å²) in [7, 11) is 3.14. The zero-order valence-electron chi connectivity index (χ0n) is 19.4. The molecule has 0 aliphatic carbocycles. The van der Waals surface area contributed by atoms with Gasteiger partial charge in [-0.2, -0.15) is 14.6 Å². The zero-order chi connectivity index (χ0) is 25.0.